The van der Waals surface area contributed by atoms with E-state index in [1.807, 2.05) is 4.90 Å². The molecule has 4 nitrogen and oxygen atoms in total. The number of halogens is 1. The minimum atomic E-state index is -0.395. The Morgan fingerprint density at radius 2 is 2.54 bits per heavy atom. The molecule has 0 bridgehead atoms. The van der Waals surface area contributed by atoms with Gasteiger partial charge in [0, 0.05) is 33.2 Å². The summed E-state index contributed by atoms with van der Waals surface area (Å²) in [4.78, 5) is 13.2. The van der Waals surface area contributed by atoms with Crippen LogP contribution in [0.4, 0.5) is 4.39 Å². The van der Waals surface area contributed by atoms with Crippen molar-refractivity contribution in [3.05, 3.63) is 0 Å². The molecule has 76 valence electrons. The van der Waals surface area contributed by atoms with Crippen LogP contribution < -0.4 is 10.6 Å². The molecule has 1 aliphatic heterocycles. The van der Waals surface area contributed by atoms with Crippen LogP contribution in [0.3, 0.4) is 0 Å². The van der Waals surface area contributed by atoms with E-state index in [4.69, 9.17) is 0 Å². The Labute approximate surface area is 77.5 Å². The van der Waals surface area contributed by atoms with E-state index in [2.05, 4.69) is 10.6 Å². The molecule has 1 atom stereocenters. The standard InChI is InChI=1S/C8H16FN3O/c1-10-8(13)7-6-11-3-5-12(7)4-2-9/h7,11H,2-6H2,1H3,(H,10,13). The first-order valence-electron chi connectivity index (χ1n) is 4.52. The normalized spacial score (nSPS) is 24.3. The van der Waals surface area contributed by atoms with Crippen molar-refractivity contribution in [2.45, 2.75) is 6.04 Å². The summed E-state index contributed by atoms with van der Waals surface area (Å²) in [5.41, 5.74) is 0. The highest BCUT2D eigenvalue weighted by Crippen LogP contribution is 2.02. The number of rotatable bonds is 3. The molecule has 0 aliphatic carbocycles. The molecule has 0 aromatic carbocycles. The van der Waals surface area contributed by atoms with Gasteiger partial charge in [-0.05, 0) is 0 Å². The van der Waals surface area contributed by atoms with Gasteiger partial charge in [-0.25, -0.2) is 4.39 Å². The molecule has 1 amide bonds. The summed E-state index contributed by atoms with van der Waals surface area (Å²) in [5.74, 6) is -0.0411. The second-order valence-corrected chi connectivity index (χ2v) is 3.06. The van der Waals surface area contributed by atoms with Crippen LogP contribution in [0.5, 0.6) is 0 Å². The van der Waals surface area contributed by atoms with Gasteiger partial charge < -0.3 is 10.6 Å². The van der Waals surface area contributed by atoms with Crippen molar-refractivity contribution in [1.29, 1.82) is 0 Å². The number of hydrogen-bond donors (Lipinski definition) is 2. The van der Waals surface area contributed by atoms with E-state index in [9.17, 15) is 9.18 Å². The fourth-order valence-corrected chi connectivity index (χ4v) is 1.55. The molecule has 1 fully saturated rings. The van der Waals surface area contributed by atoms with Gasteiger partial charge in [0.25, 0.3) is 0 Å². The monoisotopic (exact) mass is 189 g/mol. The van der Waals surface area contributed by atoms with Gasteiger partial charge >= 0.3 is 0 Å². The molecule has 0 spiro atoms. The van der Waals surface area contributed by atoms with E-state index in [1.54, 1.807) is 7.05 Å². The molecule has 0 radical (unpaired) electrons. The first-order chi connectivity index (χ1) is 6.29. The zero-order valence-corrected chi connectivity index (χ0v) is 7.85. The number of piperazine rings is 1. The Morgan fingerprint density at radius 3 is 3.15 bits per heavy atom. The molecule has 1 heterocycles. The summed E-state index contributed by atoms with van der Waals surface area (Å²) < 4.78 is 12.1. The van der Waals surface area contributed by atoms with Crippen LogP contribution in [0.2, 0.25) is 0 Å². The number of amides is 1. The van der Waals surface area contributed by atoms with E-state index >= 15 is 0 Å². The summed E-state index contributed by atoms with van der Waals surface area (Å²) in [6, 6.07) is -0.213. The van der Waals surface area contributed by atoms with Crippen molar-refractivity contribution < 1.29 is 9.18 Å². The van der Waals surface area contributed by atoms with Gasteiger partial charge in [0.2, 0.25) is 5.91 Å². The maximum absolute atomic E-state index is 12.1. The predicted molar refractivity (Wildman–Crippen MR) is 48.3 cm³/mol. The molecule has 0 aromatic heterocycles. The zero-order chi connectivity index (χ0) is 9.68. The van der Waals surface area contributed by atoms with Crippen LogP contribution in [0, 0.1) is 0 Å². The van der Waals surface area contributed by atoms with Crippen molar-refractivity contribution in [1.82, 2.24) is 15.5 Å². The van der Waals surface area contributed by atoms with Gasteiger partial charge in [0.15, 0.2) is 0 Å². The second-order valence-electron chi connectivity index (χ2n) is 3.06. The highest BCUT2D eigenvalue weighted by atomic mass is 19.1. The smallest absolute Gasteiger partial charge is 0.238 e. The van der Waals surface area contributed by atoms with Crippen molar-refractivity contribution in [3.63, 3.8) is 0 Å². The molecular weight excluding hydrogens is 173 g/mol. The lowest BCUT2D eigenvalue weighted by Gasteiger charge is -2.33. The first kappa shape index (κ1) is 10.4. The molecule has 0 saturated carbocycles. The lowest BCUT2D eigenvalue weighted by molar-refractivity contribution is -0.126. The highest BCUT2D eigenvalue weighted by Gasteiger charge is 2.26. The lowest BCUT2D eigenvalue weighted by atomic mass is 10.2. The Morgan fingerprint density at radius 1 is 1.77 bits per heavy atom. The third kappa shape index (κ3) is 2.63. The highest BCUT2D eigenvalue weighted by molar-refractivity contribution is 5.81. The molecule has 1 aliphatic rings. The van der Waals surface area contributed by atoms with Crippen molar-refractivity contribution >= 4 is 5.91 Å². The van der Waals surface area contributed by atoms with Crippen LogP contribution in [0.15, 0.2) is 0 Å². The van der Waals surface area contributed by atoms with Crippen molar-refractivity contribution in [3.8, 4) is 0 Å². The Hall–Kier alpha value is -0.680. The van der Waals surface area contributed by atoms with Crippen LogP contribution in [0.1, 0.15) is 0 Å². The molecule has 1 unspecified atom stereocenters. The van der Waals surface area contributed by atoms with Crippen LogP contribution in [0.25, 0.3) is 0 Å². The number of nitrogens with zero attached hydrogens (tertiary/aromatic N) is 1. The SMILES string of the molecule is CNC(=O)C1CNCCN1CCF. The molecule has 1 saturated heterocycles. The Bertz CT molecular complexity index is 175. The van der Waals surface area contributed by atoms with Crippen LogP contribution >= 0.6 is 0 Å². The van der Waals surface area contributed by atoms with Gasteiger partial charge in [-0.3, -0.25) is 9.69 Å². The molecule has 13 heavy (non-hydrogen) atoms. The van der Waals surface area contributed by atoms with E-state index < -0.39 is 6.67 Å². The van der Waals surface area contributed by atoms with E-state index in [1.165, 1.54) is 0 Å². The number of likely N-dealkylation sites (N-methyl/N-ethyl adjacent to an activating group) is 1. The number of carbonyl (C=O) groups is 1. The number of hydrogen-bond acceptors (Lipinski definition) is 3. The molecule has 2 N–H and O–H groups in total. The topological polar surface area (TPSA) is 44.4 Å². The third-order valence-electron chi connectivity index (χ3n) is 2.28. The largest absolute Gasteiger partial charge is 0.358 e. The fourth-order valence-electron chi connectivity index (χ4n) is 1.55. The van der Waals surface area contributed by atoms with Crippen molar-refractivity contribution in [2.24, 2.45) is 0 Å². The summed E-state index contributed by atoms with van der Waals surface area (Å²) in [6.07, 6.45) is 0. The van der Waals surface area contributed by atoms with Gasteiger partial charge in [-0.2, -0.15) is 0 Å². The summed E-state index contributed by atoms with van der Waals surface area (Å²) >= 11 is 0. The van der Waals surface area contributed by atoms with Crippen LogP contribution in [-0.4, -0.2) is 56.8 Å². The minimum absolute atomic E-state index is 0.0411. The maximum atomic E-state index is 12.1. The molecule has 1 rings (SSSR count). The second kappa shape index (κ2) is 5.14. The lowest BCUT2D eigenvalue weighted by Crippen LogP contribution is -2.57. The number of nitrogens with one attached hydrogen (secondary N) is 2. The predicted octanol–water partition coefficient (Wildman–Crippen LogP) is -1.02. The van der Waals surface area contributed by atoms with Crippen molar-refractivity contribution in [2.75, 3.05) is 39.9 Å². The Balaban J connectivity index is 2.50. The quantitative estimate of drug-likeness (QED) is 0.597. The summed E-state index contributed by atoms with van der Waals surface area (Å²) in [7, 11) is 1.60. The van der Waals surface area contributed by atoms with E-state index in [0.717, 1.165) is 13.1 Å². The van der Waals surface area contributed by atoms with E-state index in [0.29, 0.717) is 13.1 Å². The van der Waals surface area contributed by atoms with Gasteiger partial charge in [0.1, 0.15) is 12.7 Å². The Kier molecular flexibility index (Phi) is 4.11. The average Bonchev–Trinajstić information content (AvgIpc) is 2.18. The van der Waals surface area contributed by atoms with Crippen LogP contribution in [-0.2, 0) is 4.79 Å². The van der Waals surface area contributed by atoms with Gasteiger partial charge in [-0.15, -0.1) is 0 Å². The summed E-state index contributed by atoms with van der Waals surface area (Å²) in [5, 5.41) is 5.69. The number of alkyl halides is 1. The average molecular weight is 189 g/mol. The summed E-state index contributed by atoms with van der Waals surface area (Å²) in [6.45, 7) is 2.13. The minimum Gasteiger partial charge on any atom is -0.358 e. The number of carbonyl (C=O) groups excluding carboxylic acids is 1. The third-order valence-corrected chi connectivity index (χ3v) is 2.28. The molecule has 0 aromatic rings. The molecule has 5 heteroatoms. The van der Waals surface area contributed by atoms with E-state index in [-0.39, 0.29) is 11.9 Å². The van der Waals surface area contributed by atoms with Gasteiger partial charge in [-0.1, -0.05) is 0 Å². The maximum Gasteiger partial charge on any atom is 0.238 e. The fraction of sp³-hybridized carbons (Fsp3) is 0.875. The van der Waals surface area contributed by atoms with Gasteiger partial charge in [0.05, 0.1) is 0 Å². The zero-order valence-electron chi connectivity index (χ0n) is 7.85. The molecular formula is C8H16FN3O. The first-order valence-corrected chi connectivity index (χ1v) is 4.52.